The van der Waals surface area contributed by atoms with E-state index in [0.29, 0.717) is 6.42 Å². The van der Waals surface area contributed by atoms with E-state index in [1.165, 1.54) is 0 Å². The Kier molecular flexibility index (Phi) is 4.78. The number of halogens is 1. The van der Waals surface area contributed by atoms with E-state index in [-0.39, 0.29) is 11.9 Å². The van der Waals surface area contributed by atoms with Gasteiger partial charge in [0, 0.05) is 22.6 Å². The van der Waals surface area contributed by atoms with Gasteiger partial charge in [-0.2, -0.15) is 0 Å². The number of benzene rings is 1. The first-order valence-electron chi connectivity index (χ1n) is 4.92. The van der Waals surface area contributed by atoms with E-state index in [1.54, 1.807) is 0 Å². The third-order valence-corrected chi connectivity index (χ3v) is 2.63. The summed E-state index contributed by atoms with van der Waals surface area (Å²) in [7, 11) is 0. The fourth-order valence-corrected chi connectivity index (χ4v) is 1.39. The topological polar surface area (TPSA) is 55.1 Å². The lowest BCUT2D eigenvalue weighted by Crippen LogP contribution is -2.26. The molecule has 0 aliphatic carbocycles. The zero-order valence-corrected chi connectivity index (χ0v) is 10.3. The highest BCUT2D eigenvalue weighted by molar-refractivity contribution is 9.10. The summed E-state index contributed by atoms with van der Waals surface area (Å²) in [5, 5.41) is 2.79. The number of hydrogen-bond donors (Lipinski definition) is 2. The summed E-state index contributed by atoms with van der Waals surface area (Å²) >= 11 is 3.33. The highest BCUT2D eigenvalue weighted by Crippen LogP contribution is 2.14. The molecule has 0 saturated carbocycles. The van der Waals surface area contributed by atoms with E-state index in [0.717, 1.165) is 16.6 Å². The number of amides is 1. The molecule has 1 amide bonds. The first kappa shape index (κ1) is 12.2. The molecule has 3 nitrogen and oxygen atoms in total. The minimum atomic E-state index is -0.0551. The van der Waals surface area contributed by atoms with Gasteiger partial charge in [0.05, 0.1) is 0 Å². The van der Waals surface area contributed by atoms with Gasteiger partial charge in [0.1, 0.15) is 0 Å². The maximum atomic E-state index is 11.5. The van der Waals surface area contributed by atoms with Crippen LogP contribution >= 0.6 is 15.9 Å². The molecule has 0 aromatic heterocycles. The lowest BCUT2D eigenvalue weighted by molar-refractivity contribution is -0.116. The number of anilines is 1. The largest absolute Gasteiger partial charge is 0.327 e. The lowest BCUT2D eigenvalue weighted by Gasteiger charge is -2.09. The second-order valence-electron chi connectivity index (χ2n) is 3.43. The standard InChI is InChI=1S/C11H15BrN2O/c1-2-9(13)7-11(15)14-10-5-3-8(12)4-6-10/h3-6,9H,2,7,13H2,1H3,(H,14,15). The Morgan fingerprint density at radius 3 is 2.60 bits per heavy atom. The van der Waals surface area contributed by atoms with Gasteiger partial charge in [0.15, 0.2) is 0 Å². The van der Waals surface area contributed by atoms with Crippen molar-refractivity contribution in [3.8, 4) is 0 Å². The Morgan fingerprint density at radius 2 is 2.07 bits per heavy atom. The minimum absolute atomic E-state index is 0.0355. The molecule has 1 atom stereocenters. The van der Waals surface area contributed by atoms with Crippen LogP contribution in [0.25, 0.3) is 0 Å². The first-order chi connectivity index (χ1) is 7.11. The van der Waals surface area contributed by atoms with E-state index < -0.39 is 0 Å². The molecule has 0 aliphatic heterocycles. The summed E-state index contributed by atoms with van der Waals surface area (Å²) in [4.78, 5) is 11.5. The Labute approximate surface area is 98.2 Å². The zero-order valence-electron chi connectivity index (χ0n) is 8.66. The molecule has 1 rings (SSSR count). The fourth-order valence-electron chi connectivity index (χ4n) is 1.13. The van der Waals surface area contributed by atoms with Crippen LogP contribution in [-0.2, 0) is 4.79 Å². The molecule has 1 aromatic carbocycles. The molecule has 0 radical (unpaired) electrons. The SMILES string of the molecule is CCC(N)CC(=O)Nc1ccc(Br)cc1. The Balaban J connectivity index is 2.48. The maximum absolute atomic E-state index is 11.5. The predicted octanol–water partition coefficient (Wildman–Crippen LogP) is 2.52. The molecule has 82 valence electrons. The van der Waals surface area contributed by atoms with Gasteiger partial charge >= 0.3 is 0 Å². The Morgan fingerprint density at radius 1 is 1.47 bits per heavy atom. The van der Waals surface area contributed by atoms with E-state index in [2.05, 4.69) is 21.2 Å². The van der Waals surface area contributed by atoms with Crippen molar-refractivity contribution in [2.24, 2.45) is 5.73 Å². The number of nitrogens with one attached hydrogen (secondary N) is 1. The Hall–Kier alpha value is -0.870. The third kappa shape index (κ3) is 4.44. The van der Waals surface area contributed by atoms with Crippen molar-refractivity contribution in [1.82, 2.24) is 0 Å². The Bertz CT molecular complexity index is 324. The minimum Gasteiger partial charge on any atom is -0.327 e. The van der Waals surface area contributed by atoms with Gasteiger partial charge in [-0.3, -0.25) is 4.79 Å². The predicted molar refractivity (Wildman–Crippen MR) is 65.7 cm³/mol. The summed E-state index contributed by atoms with van der Waals surface area (Å²) < 4.78 is 0.991. The van der Waals surface area contributed by atoms with Crippen LogP contribution in [0.1, 0.15) is 19.8 Å². The van der Waals surface area contributed by atoms with E-state index in [4.69, 9.17) is 5.73 Å². The van der Waals surface area contributed by atoms with Gasteiger partial charge in [0.2, 0.25) is 5.91 Å². The van der Waals surface area contributed by atoms with Crippen LogP contribution in [0, 0.1) is 0 Å². The van der Waals surface area contributed by atoms with Crippen molar-refractivity contribution in [2.75, 3.05) is 5.32 Å². The monoisotopic (exact) mass is 270 g/mol. The van der Waals surface area contributed by atoms with Crippen LogP contribution in [0.15, 0.2) is 28.7 Å². The van der Waals surface area contributed by atoms with Gasteiger partial charge in [-0.15, -0.1) is 0 Å². The summed E-state index contributed by atoms with van der Waals surface area (Å²) in [5.41, 5.74) is 6.48. The quantitative estimate of drug-likeness (QED) is 0.884. The smallest absolute Gasteiger partial charge is 0.225 e. The van der Waals surface area contributed by atoms with Gasteiger partial charge < -0.3 is 11.1 Å². The average Bonchev–Trinajstić information content (AvgIpc) is 2.21. The van der Waals surface area contributed by atoms with Gasteiger partial charge in [-0.25, -0.2) is 0 Å². The molecule has 0 bridgehead atoms. The van der Waals surface area contributed by atoms with Crippen molar-refractivity contribution >= 4 is 27.5 Å². The normalized spacial score (nSPS) is 12.2. The number of carbonyl (C=O) groups is 1. The van der Waals surface area contributed by atoms with E-state index in [1.807, 2.05) is 31.2 Å². The maximum Gasteiger partial charge on any atom is 0.225 e. The summed E-state index contributed by atoms with van der Waals surface area (Å²) in [6, 6.07) is 7.41. The molecule has 0 spiro atoms. The summed E-state index contributed by atoms with van der Waals surface area (Å²) in [5.74, 6) is -0.0355. The van der Waals surface area contributed by atoms with Gasteiger partial charge in [-0.05, 0) is 30.7 Å². The van der Waals surface area contributed by atoms with E-state index >= 15 is 0 Å². The number of hydrogen-bond acceptors (Lipinski definition) is 2. The summed E-state index contributed by atoms with van der Waals surface area (Å²) in [6.07, 6.45) is 1.18. The van der Waals surface area contributed by atoms with Crippen LogP contribution in [0.5, 0.6) is 0 Å². The van der Waals surface area contributed by atoms with Crippen molar-refractivity contribution in [3.05, 3.63) is 28.7 Å². The molecule has 0 aliphatic rings. The van der Waals surface area contributed by atoms with Gasteiger partial charge in [-0.1, -0.05) is 22.9 Å². The average molecular weight is 271 g/mol. The molecule has 1 unspecified atom stereocenters. The van der Waals surface area contributed by atoms with Crippen molar-refractivity contribution in [2.45, 2.75) is 25.8 Å². The van der Waals surface area contributed by atoms with E-state index in [9.17, 15) is 4.79 Å². The second-order valence-corrected chi connectivity index (χ2v) is 4.34. The first-order valence-corrected chi connectivity index (χ1v) is 5.72. The zero-order chi connectivity index (χ0) is 11.3. The third-order valence-electron chi connectivity index (χ3n) is 2.10. The number of nitrogens with two attached hydrogens (primary N) is 1. The molecule has 4 heteroatoms. The van der Waals surface area contributed by atoms with Crippen molar-refractivity contribution < 1.29 is 4.79 Å². The van der Waals surface area contributed by atoms with Crippen LogP contribution in [-0.4, -0.2) is 11.9 Å². The van der Waals surface area contributed by atoms with Gasteiger partial charge in [0.25, 0.3) is 0 Å². The summed E-state index contributed by atoms with van der Waals surface area (Å²) in [6.45, 7) is 1.97. The molecule has 0 fully saturated rings. The van der Waals surface area contributed by atoms with Crippen LogP contribution in [0.4, 0.5) is 5.69 Å². The molecular formula is C11H15BrN2O. The second kappa shape index (κ2) is 5.88. The van der Waals surface area contributed by atoms with Crippen molar-refractivity contribution in [1.29, 1.82) is 0 Å². The van der Waals surface area contributed by atoms with Crippen LogP contribution in [0.3, 0.4) is 0 Å². The number of carbonyl (C=O) groups excluding carboxylic acids is 1. The highest BCUT2D eigenvalue weighted by Gasteiger charge is 2.07. The molecule has 3 N–H and O–H groups in total. The molecule has 0 saturated heterocycles. The van der Waals surface area contributed by atoms with Crippen LogP contribution < -0.4 is 11.1 Å². The molecule has 0 heterocycles. The number of rotatable bonds is 4. The molecule has 1 aromatic rings. The molecule has 15 heavy (non-hydrogen) atoms. The highest BCUT2D eigenvalue weighted by atomic mass is 79.9. The fraction of sp³-hybridized carbons (Fsp3) is 0.364. The van der Waals surface area contributed by atoms with Crippen molar-refractivity contribution in [3.63, 3.8) is 0 Å². The molecular weight excluding hydrogens is 256 g/mol. The lowest BCUT2D eigenvalue weighted by atomic mass is 10.1. The van der Waals surface area contributed by atoms with Crippen LogP contribution in [0.2, 0.25) is 0 Å².